The highest BCUT2D eigenvalue weighted by Crippen LogP contribution is 2.28. The molecule has 3 rings (SSSR count). The van der Waals surface area contributed by atoms with E-state index in [1.807, 2.05) is 42.5 Å². The Balaban J connectivity index is 0.000000306. The molecular formula is C22H25NO. The number of hydrogen-bond donors (Lipinski definition) is 1. The second kappa shape index (κ2) is 10.0. The van der Waals surface area contributed by atoms with E-state index >= 15 is 0 Å². The van der Waals surface area contributed by atoms with Crippen molar-refractivity contribution in [1.29, 1.82) is 5.41 Å². The van der Waals surface area contributed by atoms with Gasteiger partial charge in [-0.25, -0.2) is 0 Å². The summed E-state index contributed by atoms with van der Waals surface area (Å²) in [6.45, 7) is 14.0. The summed E-state index contributed by atoms with van der Waals surface area (Å²) in [5.41, 5.74) is 3.22. The zero-order valence-corrected chi connectivity index (χ0v) is 14.5. The molecule has 2 heteroatoms. The first-order valence-corrected chi connectivity index (χ1v) is 7.90. The van der Waals surface area contributed by atoms with Crippen LogP contribution in [0.2, 0.25) is 0 Å². The van der Waals surface area contributed by atoms with Crippen molar-refractivity contribution >= 4 is 27.7 Å². The van der Waals surface area contributed by atoms with Crippen molar-refractivity contribution in [2.75, 3.05) is 0 Å². The summed E-state index contributed by atoms with van der Waals surface area (Å²) >= 11 is 0. The molecule has 0 aliphatic heterocycles. The quantitative estimate of drug-likeness (QED) is 0.318. The Morgan fingerprint density at radius 1 is 1.00 bits per heavy atom. The molecule has 2 aromatic carbocycles. The fourth-order valence-corrected chi connectivity index (χ4v) is 1.96. The Labute approximate surface area is 144 Å². The Morgan fingerprint density at radius 3 is 2.12 bits per heavy atom. The maximum atomic E-state index is 7.60. The van der Waals surface area contributed by atoms with Crippen LogP contribution in [0, 0.1) is 5.41 Å². The highest BCUT2D eigenvalue weighted by atomic mass is 16.3. The van der Waals surface area contributed by atoms with Crippen LogP contribution in [0.25, 0.3) is 21.9 Å². The van der Waals surface area contributed by atoms with Gasteiger partial charge in [0.25, 0.3) is 0 Å². The van der Waals surface area contributed by atoms with Crippen LogP contribution in [0.15, 0.2) is 84.8 Å². The summed E-state index contributed by atoms with van der Waals surface area (Å²) in [7, 11) is 0. The van der Waals surface area contributed by atoms with Gasteiger partial charge in [-0.05, 0) is 37.1 Å². The summed E-state index contributed by atoms with van der Waals surface area (Å²) in [6.07, 6.45) is 6.24. The minimum Gasteiger partial charge on any atom is -0.456 e. The summed E-state index contributed by atoms with van der Waals surface area (Å²) < 4.78 is 5.75. The van der Waals surface area contributed by atoms with Gasteiger partial charge in [-0.2, -0.15) is 0 Å². The normalized spacial score (nSPS) is 9.25. The van der Waals surface area contributed by atoms with Gasteiger partial charge < -0.3 is 9.83 Å². The van der Waals surface area contributed by atoms with Crippen molar-refractivity contribution < 1.29 is 4.42 Å². The third kappa shape index (κ3) is 5.10. The second-order valence-electron chi connectivity index (χ2n) is 5.10. The highest BCUT2D eigenvalue weighted by molar-refractivity contribution is 6.07. The molecule has 0 aliphatic rings. The van der Waals surface area contributed by atoms with Crippen molar-refractivity contribution in [3.8, 4) is 0 Å². The zero-order chi connectivity index (χ0) is 17.9. The van der Waals surface area contributed by atoms with Gasteiger partial charge in [-0.3, -0.25) is 0 Å². The lowest BCUT2D eigenvalue weighted by Crippen LogP contribution is -1.89. The second-order valence-corrected chi connectivity index (χ2v) is 5.10. The van der Waals surface area contributed by atoms with E-state index in [4.69, 9.17) is 9.83 Å². The molecule has 0 saturated carbocycles. The van der Waals surface area contributed by atoms with E-state index in [0.29, 0.717) is 5.71 Å². The van der Waals surface area contributed by atoms with E-state index in [9.17, 15) is 0 Å². The summed E-state index contributed by atoms with van der Waals surface area (Å²) in [5, 5.41) is 9.85. The van der Waals surface area contributed by atoms with Crippen LogP contribution in [-0.4, -0.2) is 5.71 Å². The molecule has 0 aliphatic carbocycles. The molecule has 1 heterocycles. The topological polar surface area (TPSA) is 37.0 Å². The molecule has 0 amide bonds. The molecule has 3 aromatic rings. The van der Waals surface area contributed by atoms with E-state index in [1.165, 1.54) is 0 Å². The lowest BCUT2D eigenvalue weighted by molar-refractivity contribution is 0.669. The number of allylic oxidation sites excluding steroid dienone is 3. The summed E-state index contributed by atoms with van der Waals surface area (Å²) in [4.78, 5) is 0. The van der Waals surface area contributed by atoms with Gasteiger partial charge in [0.2, 0.25) is 0 Å². The third-order valence-electron chi connectivity index (χ3n) is 3.27. The fourth-order valence-electron chi connectivity index (χ4n) is 1.96. The molecule has 24 heavy (non-hydrogen) atoms. The predicted molar refractivity (Wildman–Crippen MR) is 107 cm³/mol. The predicted octanol–water partition coefficient (Wildman–Crippen LogP) is 6.91. The molecule has 0 saturated heterocycles. The first-order valence-electron chi connectivity index (χ1n) is 7.90. The highest BCUT2D eigenvalue weighted by Gasteiger charge is 2.06. The van der Waals surface area contributed by atoms with Crippen LogP contribution in [-0.2, 0) is 0 Å². The zero-order valence-electron chi connectivity index (χ0n) is 14.5. The van der Waals surface area contributed by atoms with Crippen molar-refractivity contribution in [2.24, 2.45) is 0 Å². The Kier molecular flexibility index (Phi) is 8.00. The van der Waals surface area contributed by atoms with Crippen molar-refractivity contribution in [1.82, 2.24) is 0 Å². The Hall–Kier alpha value is -2.87. The molecule has 1 aromatic heterocycles. The summed E-state index contributed by atoms with van der Waals surface area (Å²) in [5.74, 6) is 0. The average molecular weight is 319 g/mol. The number of nitrogens with one attached hydrogen (secondary N) is 1. The van der Waals surface area contributed by atoms with E-state index in [0.717, 1.165) is 33.9 Å². The Bertz CT molecular complexity index is 833. The molecule has 124 valence electrons. The van der Waals surface area contributed by atoms with Gasteiger partial charge in [0.1, 0.15) is 11.2 Å². The first kappa shape index (κ1) is 19.2. The minimum atomic E-state index is 0.558. The minimum absolute atomic E-state index is 0.558. The lowest BCUT2D eigenvalue weighted by atomic mass is 10.1. The molecule has 0 spiro atoms. The maximum Gasteiger partial charge on any atom is 0.136 e. The number of rotatable bonds is 3. The smallest absolute Gasteiger partial charge is 0.136 e. The monoisotopic (exact) mass is 319 g/mol. The van der Waals surface area contributed by atoms with Gasteiger partial charge in [-0.15, -0.1) is 6.58 Å². The number of benzene rings is 2. The van der Waals surface area contributed by atoms with Crippen LogP contribution in [0.4, 0.5) is 0 Å². The fraction of sp³-hybridized carbons (Fsp3) is 0.136. The molecule has 0 atom stereocenters. The number of fused-ring (bicyclic) bond motifs is 3. The number of para-hydroxylation sites is 1. The molecular weight excluding hydrogens is 294 g/mol. The van der Waals surface area contributed by atoms with Crippen LogP contribution in [0.5, 0.6) is 0 Å². The van der Waals surface area contributed by atoms with Gasteiger partial charge in [0.05, 0.1) is 0 Å². The van der Waals surface area contributed by atoms with Crippen molar-refractivity contribution in [3.05, 3.63) is 86.0 Å². The number of hydrogen-bond acceptors (Lipinski definition) is 2. The van der Waals surface area contributed by atoms with Crippen LogP contribution >= 0.6 is 0 Å². The largest absolute Gasteiger partial charge is 0.456 e. The average Bonchev–Trinajstić information content (AvgIpc) is 2.99. The van der Waals surface area contributed by atoms with Crippen LogP contribution in [0.1, 0.15) is 25.8 Å². The van der Waals surface area contributed by atoms with E-state index < -0.39 is 0 Å². The van der Waals surface area contributed by atoms with Crippen molar-refractivity contribution in [3.63, 3.8) is 0 Å². The third-order valence-corrected chi connectivity index (χ3v) is 3.27. The molecule has 0 unspecified atom stereocenters. The Morgan fingerprint density at radius 2 is 1.58 bits per heavy atom. The van der Waals surface area contributed by atoms with Gasteiger partial charge in [-0.1, -0.05) is 62.6 Å². The molecule has 0 bridgehead atoms. The van der Waals surface area contributed by atoms with Crippen LogP contribution < -0.4 is 0 Å². The summed E-state index contributed by atoms with van der Waals surface area (Å²) in [6, 6.07) is 13.9. The van der Waals surface area contributed by atoms with E-state index in [-0.39, 0.29) is 0 Å². The maximum absolute atomic E-state index is 7.60. The van der Waals surface area contributed by atoms with Crippen molar-refractivity contribution in [2.45, 2.75) is 20.3 Å². The lowest BCUT2D eigenvalue weighted by Gasteiger charge is -1.96. The van der Waals surface area contributed by atoms with Gasteiger partial charge in [0.15, 0.2) is 0 Å². The molecule has 0 radical (unpaired) electrons. The van der Waals surface area contributed by atoms with Gasteiger partial charge >= 0.3 is 0 Å². The van der Waals surface area contributed by atoms with Crippen LogP contribution in [0.3, 0.4) is 0 Å². The standard InChI is InChI=1S/C14H11NO.C4H8.C4H6/c1-9(15)10-6-7-12-11-4-2-3-5-13(11)16-14(12)8-10;2*1-3-4-2/h2-8,15H,1H3;3H,1,4H2,2H3;3-4H,1-2H2. The van der Waals surface area contributed by atoms with Gasteiger partial charge in [0, 0.05) is 16.5 Å². The first-order chi connectivity index (χ1) is 11.6. The SMILES string of the molecule is C=CC=C.C=CCC.CC(=N)c1ccc2c(c1)oc1ccccc12. The van der Waals surface area contributed by atoms with E-state index in [2.05, 4.69) is 32.7 Å². The molecule has 0 fully saturated rings. The molecule has 1 N–H and O–H groups in total. The van der Waals surface area contributed by atoms with E-state index in [1.54, 1.807) is 19.1 Å². The molecule has 2 nitrogen and oxygen atoms in total. The number of furan rings is 1.